The average molecular weight is 395 g/mol. The molecule has 0 saturated carbocycles. The van der Waals surface area contributed by atoms with Crippen molar-refractivity contribution < 1.29 is 13.9 Å². The van der Waals surface area contributed by atoms with Crippen LogP contribution in [0.4, 0.5) is 4.39 Å². The van der Waals surface area contributed by atoms with Gasteiger partial charge in [0.2, 0.25) is 5.91 Å². The molecule has 0 aliphatic carbocycles. The molecule has 0 spiro atoms. The van der Waals surface area contributed by atoms with Crippen LogP contribution >= 0.6 is 0 Å². The predicted octanol–water partition coefficient (Wildman–Crippen LogP) is 3.21. The van der Waals surface area contributed by atoms with Crippen LogP contribution in [0.15, 0.2) is 48.7 Å². The van der Waals surface area contributed by atoms with Gasteiger partial charge in [-0.05, 0) is 29.3 Å². The highest BCUT2D eigenvalue weighted by molar-refractivity contribution is 5.89. The van der Waals surface area contributed by atoms with Crippen molar-refractivity contribution in [2.45, 2.75) is 13.0 Å². The summed E-state index contributed by atoms with van der Waals surface area (Å²) in [4.78, 5) is 17.0. The molecule has 1 aliphatic rings. The lowest BCUT2D eigenvalue weighted by Crippen LogP contribution is -2.48. The third-order valence-corrected chi connectivity index (χ3v) is 5.67. The van der Waals surface area contributed by atoms with Crippen LogP contribution in [-0.2, 0) is 24.8 Å². The summed E-state index contributed by atoms with van der Waals surface area (Å²) in [5, 5.41) is 1.14. The number of methoxy groups -OCH3 is 1. The molecule has 3 aromatic rings. The molecule has 2 aromatic carbocycles. The highest BCUT2D eigenvalue weighted by atomic mass is 19.1. The minimum atomic E-state index is -0.339. The number of aryl methyl sites for hydroxylation is 1. The molecule has 0 radical (unpaired) electrons. The first kappa shape index (κ1) is 19.5. The monoisotopic (exact) mass is 395 g/mol. The van der Waals surface area contributed by atoms with E-state index in [2.05, 4.69) is 27.8 Å². The topological polar surface area (TPSA) is 37.7 Å². The van der Waals surface area contributed by atoms with Gasteiger partial charge in [-0.2, -0.15) is 0 Å². The Morgan fingerprint density at radius 1 is 1.10 bits per heavy atom. The Kier molecular flexibility index (Phi) is 5.53. The van der Waals surface area contributed by atoms with Crippen LogP contribution in [0.25, 0.3) is 10.9 Å². The third-order valence-electron chi connectivity index (χ3n) is 5.67. The molecule has 1 aliphatic heterocycles. The molecule has 152 valence electrons. The van der Waals surface area contributed by atoms with Crippen molar-refractivity contribution in [1.29, 1.82) is 0 Å². The fourth-order valence-corrected chi connectivity index (χ4v) is 4.06. The first-order chi connectivity index (χ1) is 14.0. The lowest BCUT2D eigenvalue weighted by molar-refractivity contribution is -0.132. The SMILES string of the molecule is COc1ccc(CN2CCN(C(=O)Cc3cn(C)c4ccccc34)CC2)cc1F. The maximum Gasteiger partial charge on any atom is 0.227 e. The van der Waals surface area contributed by atoms with Crippen LogP contribution in [0.3, 0.4) is 0 Å². The summed E-state index contributed by atoms with van der Waals surface area (Å²) in [5.41, 5.74) is 3.13. The Hall–Kier alpha value is -2.86. The number of benzene rings is 2. The van der Waals surface area contributed by atoms with Gasteiger partial charge in [-0.25, -0.2) is 4.39 Å². The van der Waals surface area contributed by atoms with E-state index in [4.69, 9.17) is 4.74 Å². The number of fused-ring (bicyclic) bond motifs is 1. The summed E-state index contributed by atoms with van der Waals surface area (Å²) < 4.78 is 20.9. The molecule has 1 aromatic heterocycles. The van der Waals surface area contributed by atoms with Crippen LogP contribution < -0.4 is 4.74 Å². The standard InChI is InChI=1S/C23H26FN3O2/c1-25-16-18(19-5-3-4-6-21(19)25)14-23(28)27-11-9-26(10-12-27)15-17-7-8-22(29-2)20(24)13-17/h3-8,13,16H,9-12,14-15H2,1-2H3. The Morgan fingerprint density at radius 2 is 1.86 bits per heavy atom. The molecule has 6 heteroatoms. The number of hydrogen-bond acceptors (Lipinski definition) is 3. The number of carbonyl (C=O) groups is 1. The molecule has 29 heavy (non-hydrogen) atoms. The molecule has 1 fully saturated rings. The van der Waals surface area contributed by atoms with Gasteiger partial charge in [0.05, 0.1) is 13.5 Å². The van der Waals surface area contributed by atoms with E-state index >= 15 is 0 Å². The normalized spacial score (nSPS) is 15.1. The number of halogens is 1. The number of hydrogen-bond donors (Lipinski definition) is 0. The molecule has 0 N–H and O–H groups in total. The van der Waals surface area contributed by atoms with Crippen molar-refractivity contribution >= 4 is 16.8 Å². The van der Waals surface area contributed by atoms with E-state index < -0.39 is 0 Å². The minimum Gasteiger partial charge on any atom is -0.494 e. The lowest BCUT2D eigenvalue weighted by atomic mass is 10.1. The molecule has 1 saturated heterocycles. The van der Waals surface area contributed by atoms with Gasteiger partial charge < -0.3 is 14.2 Å². The summed E-state index contributed by atoms with van der Waals surface area (Å²) in [5.74, 6) is 0.0861. The number of piperazine rings is 1. The van der Waals surface area contributed by atoms with Crippen molar-refractivity contribution in [2.75, 3.05) is 33.3 Å². The van der Waals surface area contributed by atoms with Crippen molar-refractivity contribution in [3.8, 4) is 5.75 Å². The molecule has 0 bridgehead atoms. The van der Waals surface area contributed by atoms with Crippen LogP contribution in [0.1, 0.15) is 11.1 Å². The number of aromatic nitrogens is 1. The summed E-state index contributed by atoms with van der Waals surface area (Å²) in [6.07, 6.45) is 2.47. The van der Waals surface area contributed by atoms with Crippen molar-refractivity contribution in [1.82, 2.24) is 14.4 Å². The first-order valence-electron chi connectivity index (χ1n) is 9.90. The van der Waals surface area contributed by atoms with Crippen LogP contribution in [-0.4, -0.2) is 53.6 Å². The highest BCUT2D eigenvalue weighted by Crippen LogP contribution is 2.22. The third kappa shape index (κ3) is 4.12. The maximum atomic E-state index is 13.9. The van der Waals surface area contributed by atoms with E-state index in [0.717, 1.165) is 35.1 Å². The second-order valence-corrected chi connectivity index (χ2v) is 7.59. The van der Waals surface area contributed by atoms with Gasteiger partial charge in [0.1, 0.15) is 0 Å². The molecule has 0 unspecified atom stereocenters. The summed E-state index contributed by atoms with van der Waals surface area (Å²) >= 11 is 0. The Bertz CT molecular complexity index is 1020. The number of para-hydroxylation sites is 1. The van der Waals surface area contributed by atoms with Gasteiger partial charge in [-0.15, -0.1) is 0 Å². The van der Waals surface area contributed by atoms with Gasteiger partial charge in [-0.3, -0.25) is 9.69 Å². The minimum absolute atomic E-state index is 0.163. The Balaban J connectivity index is 1.34. The van der Waals surface area contributed by atoms with Crippen molar-refractivity contribution in [2.24, 2.45) is 7.05 Å². The molecule has 5 nitrogen and oxygen atoms in total. The van der Waals surface area contributed by atoms with Crippen LogP contribution in [0, 0.1) is 5.82 Å². The van der Waals surface area contributed by atoms with E-state index in [0.29, 0.717) is 26.1 Å². The predicted molar refractivity (Wildman–Crippen MR) is 111 cm³/mol. The molecular formula is C23H26FN3O2. The number of ether oxygens (including phenoxy) is 1. The summed E-state index contributed by atoms with van der Waals surface area (Å²) in [6, 6.07) is 13.2. The zero-order chi connectivity index (χ0) is 20.4. The smallest absolute Gasteiger partial charge is 0.227 e. The quantitative estimate of drug-likeness (QED) is 0.666. The van der Waals surface area contributed by atoms with E-state index in [-0.39, 0.29) is 17.5 Å². The fraction of sp³-hybridized carbons (Fsp3) is 0.348. The molecule has 2 heterocycles. The van der Waals surface area contributed by atoms with Gasteiger partial charge in [0.25, 0.3) is 0 Å². The zero-order valence-corrected chi connectivity index (χ0v) is 16.9. The van der Waals surface area contributed by atoms with E-state index in [9.17, 15) is 9.18 Å². The fourth-order valence-electron chi connectivity index (χ4n) is 4.06. The average Bonchev–Trinajstić information content (AvgIpc) is 3.04. The second kappa shape index (κ2) is 8.25. The van der Waals surface area contributed by atoms with Gasteiger partial charge in [0.15, 0.2) is 11.6 Å². The van der Waals surface area contributed by atoms with Gasteiger partial charge in [-0.1, -0.05) is 24.3 Å². The summed E-state index contributed by atoms with van der Waals surface area (Å²) in [6.45, 7) is 3.64. The Morgan fingerprint density at radius 3 is 2.59 bits per heavy atom. The second-order valence-electron chi connectivity index (χ2n) is 7.59. The molecular weight excluding hydrogens is 369 g/mol. The maximum absolute atomic E-state index is 13.9. The summed E-state index contributed by atoms with van der Waals surface area (Å²) in [7, 11) is 3.48. The number of amides is 1. The number of nitrogens with zero attached hydrogens (tertiary/aromatic N) is 3. The van der Waals surface area contributed by atoms with Gasteiger partial charge in [0, 0.05) is 56.9 Å². The van der Waals surface area contributed by atoms with Crippen LogP contribution in [0.5, 0.6) is 5.75 Å². The molecule has 4 rings (SSSR count). The van der Waals surface area contributed by atoms with E-state index in [1.54, 1.807) is 6.07 Å². The highest BCUT2D eigenvalue weighted by Gasteiger charge is 2.22. The van der Waals surface area contributed by atoms with Crippen LogP contribution in [0.2, 0.25) is 0 Å². The largest absolute Gasteiger partial charge is 0.494 e. The molecule has 1 amide bonds. The van der Waals surface area contributed by atoms with Crippen molar-refractivity contribution in [3.63, 3.8) is 0 Å². The van der Waals surface area contributed by atoms with E-state index in [1.165, 1.54) is 13.2 Å². The molecule has 0 atom stereocenters. The first-order valence-corrected chi connectivity index (χ1v) is 9.90. The van der Waals surface area contributed by atoms with Crippen molar-refractivity contribution in [3.05, 3.63) is 65.6 Å². The lowest BCUT2D eigenvalue weighted by Gasteiger charge is -2.34. The van der Waals surface area contributed by atoms with Gasteiger partial charge >= 0.3 is 0 Å². The number of carbonyl (C=O) groups excluding carboxylic acids is 1. The Labute approximate surface area is 170 Å². The van der Waals surface area contributed by atoms with E-state index in [1.807, 2.05) is 30.1 Å². The zero-order valence-electron chi connectivity index (χ0n) is 16.9. The number of rotatable bonds is 5.